The standard InChI is InChI=1S/C15H9N3O2/c16-7-9-2-1-3-13(18-9)15(20)12-8-17-14-6-10(19)4-5-11(12)14/h1-6,8,17,19H. The van der Waals surface area contributed by atoms with Crippen molar-refractivity contribution >= 4 is 16.7 Å². The Morgan fingerprint density at radius 2 is 2.15 bits per heavy atom. The van der Waals surface area contributed by atoms with Crippen molar-refractivity contribution in [1.82, 2.24) is 9.97 Å². The summed E-state index contributed by atoms with van der Waals surface area (Å²) in [6, 6.07) is 11.4. The number of aromatic hydroxyl groups is 1. The lowest BCUT2D eigenvalue weighted by Gasteiger charge is -1.99. The van der Waals surface area contributed by atoms with Gasteiger partial charge in [-0.1, -0.05) is 6.07 Å². The molecule has 0 bridgehead atoms. The molecule has 2 N–H and O–H groups in total. The van der Waals surface area contributed by atoms with E-state index in [0.29, 0.717) is 16.5 Å². The second-order valence-corrected chi connectivity index (χ2v) is 4.28. The topological polar surface area (TPSA) is 89.8 Å². The van der Waals surface area contributed by atoms with Gasteiger partial charge >= 0.3 is 0 Å². The second-order valence-electron chi connectivity index (χ2n) is 4.28. The van der Waals surface area contributed by atoms with Crippen LogP contribution < -0.4 is 0 Å². The van der Waals surface area contributed by atoms with Crippen LogP contribution in [0, 0.1) is 11.3 Å². The molecular weight excluding hydrogens is 254 g/mol. The molecule has 20 heavy (non-hydrogen) atoms. The number of rotatable bonds is 2. The van der Waals surface area contributed by atoms with Crippen molar-refractivity contribution in [1.29, 1.82) is 5.26 Å². The number of benzene rings is 1. The van der Waals surface area contributed by atoms with Crippen LogP contribution in [0.25, 0.3) is 10.9 Å². The lowest BCUT2D eigenvalue weighted by molar-refractivity contribution is 0.103. The maximum atomic E-state index is 12.4. The van der Waals surface area contributed by atoms with Gasteiger partial charge < -0.3 is 10.1 Å². The summed E-state index contributed by atoms with van der Waals surface area (Å²) >= 11 is 0. The molecule has 2 aromatic heterocycles. The summed E-state index contributed by atoms with van der Waals surface area (Å²) in [7, 11) is 0. The van der Waals surface area contributed by atoms with Crippen molar-refractivity contribution in [3.05, 3.63) is 59.5 Å². The number of phenolic OH excluding ortho intramolecular Hbond substituents is 1. The predicted octanol–water partition coefficient (Wildman–Crippen LogP) is 2.37. The van der Waals surface area contributed by atoms with E-state index >= 15 is 0 Å². The van der Waals surface area contributed by atoms with E-state index in [4.69, 9.17) is 5.26 Å². The number of ketones is 1. The van der Waals surface area contributed by atoms with E-state index in [9.17, 15) is 9.90 Å². The summed E-state index contributed by atoms with van der Waals surface area (Å²) < 4.78 is 0. The normalized spacial score (nSPS) is 10.3. The first-order chi connectivity index (χ1) is 9.69. The number of phenols is 1. The van der Waals surface area contributed by atoms with Crippen molar-refractivity contribution in [2.45, 2.75) is 0 Å². The first-order valence-electron chi connectivity index (χ1n) is 5.91. The number of nitrogens with zero attached hydrogens (tertiary/aromatic N) is 2. The number of carbonyl (C=O) groups is 1. The Labute approximate surface area is 114 Å². The van der Waals surface area contributed by atoms with E-state index < -0.39 is 0 Å². The first kappa shape index (κ1) is 11.9. The molecule has 2 heterocycles. The van der Waals surface area contributed by atoms with Gasteiger partial charge in [-0.3, -0.25) is 4.79 Å². The van der Waals surface area contributed by atoms with Gasteiger partial charge in [0.25, 0.3) is 0 Å². The lowest BCUT2D eigenvalue weighted by Crippen LogP contribution is -2.04. The highest BCUT2D eigenvalue weighted by atomic mass is 16.3. The molecule has 0 saturated heterocycles. The number of fused-ring (bicyclic) bond motifs is 1. The Balaban J connectivity index is 2.11. The third-order valence-corrected chi connectivity index (χ3v) is 3.01. The summed E-state index contributed by atoms with van der Waals surface area (Å²) in [5.41, 5.74) is 1.55. The zero-order valence-corrected chi connectivity index (χ0v) is 10.3. The van der Waals surface area contributed by atoms with Crippen LogP contribution in [-0.2, 0) is 0 Å². The highest BCUT2D eigenvalue weighted by Gasteiger charge is 2.16. The minimum Gasteiger partial charge on any atom is -0.508 e. The van der Waals surface area contributed by atoms with Crippen molar-refractivity contribution in [3.8, 4) is 11.8 Å². The highest BCUT2D eigenvalue weighted by Crippen LogP contribution is 2.24. The van der Waals surface area contributed by atoms with Gasteiger partial charge in [0, 0.05) is 28.7 Å². The second kappa shape index (κ2) is 4.52. The van der Waals surface area contributed by atoms with Crippen LogP contribution in [0.3, 0.4) is 0 Å². The average molecular weight is 263 g/mol. The van der Waals surface area contributed by atoms with Crippen molar-refractivity contribution in [3.63, 3.8) is 0 Å². The molecule has 0 fully saturated rings. The molecule has 0 radical (unpaired) electrons. The number of hydrogen-bond acceptors (Lipinski definition) is 4. The molecule has 5 heteroatoms. The monoisotopic (exact) mass is 263 g/mol. The van der Waals surface area contributed by atoms with Gasteiger partial charge in [-0.05, 0) is 24.3 Å². The van der Waals surface area contributed by atoms with Gasteiger partial charge in [-0.15, -0.1) is 0 Å². The number of nitriles is 1. The number of nitrogens with one attached hydrogen (secondary N) is 1. The Morgan fingerprint density at radius 1 is 1.30 bits per heavy atom. The van der Waals surface area contributed by atoms with E-state index in [-0.39, 0.29) is 22.9 Å². The molecule has 96 valence electrons. The van der Waals surface area contributed by atoms with Crippen LogP contribution in [0.15, 0.2) is 42.6 Å². The summed E-state index contributed by atoms with van der Waals surface area (Å²) in [6.45, 7) is 0. The largest absolute Gasteiger partial charge is 0.508 e. The fourth-order valence-corrected chi connectivity index (χ4v) is 2.06. The SMILES string of the molecule is N#Cc1cccc(C(=O)c2c[nH]c3cc(O)ccc23)n1. The molecule has 0 aliphatic carbocycles. The van der Waals surface area contributed by atoms with Crippen LogP contribution >= 0.6 is 0 Å². The molecule has 0 aliphatic heterocycles. The van der Waals surface area contributed by atoms with E-state index in [2.05, 4.69) is 9.97 Å². The Hall–Kier alpha value is -3.13. The minimum absolute atomic E-state index is 0.128. The van der Waals surface area contributed by atoms with Gasteiger partial charge in [0.2, 0.25) is 5.78 Å². The Kier molecular flexibility index (Phi) is 2.70. The molecule has 0 unspecified atom stereocenters. The number of aromatic amines is 1. The third-order valence-electron chi connectivity index (χ3n) is 3.01. The molecule has 5 nitrogen and oxygen atoms in total. The van der Waals surface area contributed by atoms with Gasteiger partial charge in [-0.2, -0.15) is 5.26 Å². The van der Waals surface area contributed by atoms with Crippen LogP contribution in [0.1, 0.15) is 21.7 Å². The van der Waals surface area contributed by atoms with Crippen molar-refractivity contribution < 1.29 is 9.90 Å². The molecule has 0 amide bonds. The number of pyridine rings is 1. The Morgan fingerprint density at radius 3 is 2.95 bits per heavy atom. The summed E-state index contributed by atoms with van der Waals surface area (Å²) in [5.74, 6) is -0.137. The van der Waals surface area contributed by atoms with E-state index in [1.165, 1.54) is 6.07 Å². The van der Waals surface area contributed by atoms with Gasteiger partial charge in [-0.25, -0.2) is 4.98 Å². The highest BCUT2D eigenvalue weighted by molar-refractivity contribution is 6.15. The lowest BCUT2D eigenvalue weighted by atomic mass is 10.1. The average Bonchev–Trinajstić information content (AvgIpc) is 2.89. The number of carbonyl (C=O) groups excluding carboxylic acids is 1. The molecule has 1 aromatic carbocycles. The Bertz CT molecular complexity index is 859. The minimum atomic E-state index is -0.265. The maximum Gasteiger partial charge on any atom is 0.213 e. The molecular formula is C15H9N3O2. The predicted molar refractivity (Wildman–Crippen MR) is 72.3 cm³/mol. The summed E-state index contributed by atoms with van der Waals surface area (Å²) in [5, 5.41) is 18.9. The van der Waals surface area contributed by atoms with Crippen molar-refractivity contribution in [2.75, 3.05) is 0 Å². The smallest absolute Gasteiger partial charge is 0.213 e. The van der Waals surface area contributed by atoms with Gasteiger partial charge in [0.05, 0.1) is 0 Å². The molecule has 3 rings (SSSR count). The summed E-state index contributed by atoms with van der Waals surface area (Å²) in [4.78, 5) is 19.4. The quantitative estimate of drug-likeness (QED) is 0.694. The first-order valence-corrected chi connectivity index (χ1v) is 5.91. The summed E-state index contributed by atoms with van der Waals surface area (Å²) in [6.07, 6.45) is 1.58. The number of H-pyrrole nitrogens is 1. The van der Waals surface area contributed by atoms with E-state index in [1.54, 1.807) is 36.5 Å². The molecule has 0 spiro atoms. The number of aromatic nitrogens is 2. The fourth-order valence-electron chi connectivity index (χ4n) is 2.06. The van der Waals surface area contributed by atoms with E-state index in [0.717, 1.165) is 0 Å². The van der Waals surface area contributed by atoms with Crippen LogP contribution in [-0.4, -0.2) is 20.9 Å². The maximum absolute atomic E-state index is 12.4. The van der Waals surface area contributed by atoms with E-state index in [1.807, 2.05) is 6.07 Å². The zero-order valence-electron chi connectivity index (χ0n) is 10.3. The van der Waals surface area contributed by atoms with Crippen molar-refractivity contribution in [2.24, 2.45) is 0 Å². The molecule has 0 atom stereocenters. The zero-order chi connectivity index (χ0) is 14.1. The molecule has 0 aliphatic rings. The molecule has 3 aromatic rings. The number of hydrogen-bond donors (Lipinski definition) is 2. The van der Waals surface area contributed by atoms with Gasteiger partial charge in [0.15, 0.2) is 0 Å². The molecule has 0 saturated carbocycles. The van der Waals surface area contributed by atoms with Crippen LogP contribution in [0.2, 0.25) is 0 Å². The fraction of sp³-hybridized carbons (Fsp3) is 0. The van der Waals surface area contributed by atoms with Gasteiger partial charge in [0.1, 0.15) is 23.2 Å². The third kappa shape index (κ3) is 1.89. The van der Waals surface area contributed by atoms with Crippen LogP contribution in [0.4, 0.5) is 0 Å². The van der Waals surface area contributed by atoms with Crippen LogP contribution in [0.5, 0.6) is 5.75 Å².